The van der Waals surface area contributed by atoms with Crippen LogP contribution in [-0.2, 0) is 6.54 Å². The van der Waals surface area contributed by atoms with E-state index in [2.05, 4.69) is 34.0 Å². The molecule has 1 fully saturated rings. The van der Waals surface area contributed by atoms with E-state index in [0.717, 1.165) is 63.8 Å². The third-order valence-corrected chi connectivity index (χ3v) is 4.74. The van der Waals surface area contributed by atoms with Crippen molar-refractivity contribution >= 4 is 29.9 Å². The second-order valence-electron chi connectivity index (χ2n) is 6.49. The molecule has 7 heteroatoms. The van der Waals surface area contributed by atoms with Crippen LogP contribution in [0.1, 0.15) is 32.8 Å². The third kappa shape index (κ3) is 6.64. The van der Waals surface area contributed by atoms with Gasteiger partial charge in [-0.2, -0.15) is 0 Å². The molecule has 1 saturated heterocycles. The second-order valence-corrected chi connectivity index (χ2v) is 6.49. The van der Waals surface area contributed by atoms with Crippen molar-refractivity contribution in [2.45, 2.75) is 33.7 Å². The Bertz CT molecular complexity index is 579. The standard InChI is InChI=1S/C19H30F2N4.HI/c1-4-22-19(23-12-16-11-17(20)7-8-18(16)21)25-10-9-15(14-25)13-24(5-2)6-3;/h7-8,11,15H,4-6,9-10,12-14H2,1-3H3,(H,22,23);1H. The molecule has 4 nitrogen and oxygen atoms in total. The molecule has 1 atom stereocenters. The molecule has 0 aromatic heterocycles. The average Bonchev–Trinajstić information content (AvgIpc) is 3.07. The van der Waals surface area contributed by atoms with Crippen LogP contribution in [0.3, 0.4) is 0 Å². The van der Waals surface area contributed by atoms with Crippen molar-refractivity contribution in [3.8, 4) is 0 Å². The fraction of sp³-hybridized carbons (Fsp3) is 0.632. The van der Waals surface area contributed by atoms with Crippen molar-refractivity contribution in [1.29, 1.82) is 0 Å². The lowest BCUT2D eigenvalue weighted by molar-refractivity contribution is 0.255. The topological polar surface area (TPSA) is 30.9 Å². The SMILES string of the molecule is CCNC(=NCc1cc(F)ccc1F)N1CCC(CN(CC)CC)C1.I. The first-order valence-corrected chi connectivity index (χ1v) is 9.26. The van der Waals surface area contributed by atoms with Crippen LogP contribution in [-0.4, -0.2) is 55.0 Å². The molecule has 1 aliphatic rings. The summed E-state index contributed by atoms with van der Waals surface area (Å²) in [5, 5.41) is 3.28. The number of hydrogen-bond acceptors (Lipinski definition) is 2. The number of aliphatic imine (C=N–C) groups is 1. The smallest absolute Gasteiger partial charge is 0.194 e. The van der Waals surface area contributed by atoms with Gasteiger partial charge in [-0.25, -0.2) is 13.8 Å². The summed E-state index contributed by atoms with van der Waals surface area (Å²) in [6.07, 6.45) is 1.13. The molecule has 148 valence electrons. The number of guanidine groups is 1. The summed E-state index contributed by atoms with van der Waals surface area (Å²) in [6.45, 7) is 12.4. The summed E-state index contributed by atoms with van der Waals surface area (Å²) in [4.78, 5) is 9.21. The number of nitrogens with one attached hydrogen (secondary N) is 1. The van der Waals surface area contributed by atoms with E-state index in [4.69, 9.17) is 0 Å². The van der Waals surface area contributed by atoms with Crippen molar-refractivity contribution in [2.24, 2.45) is 10.9 Å². The Hall–Kier alpha value is -0.960. The molecule has 0 saturated carbocycles. The van der Waals surface area contributed by atoms with Gasteiger partial charge >= 0.3 is 0 Å². The first-order chi connectivity index (χ1) is 12.1. The zero-order valence-electron chi connectivity index (χ0n) is 16.0. The predicted molar refractivity (Wildman–Crippen MR) is 114 cm³/mol. The van der Waals surface area contributed by atoms with E-state index in [-0.39, 0.29) is 36.1 Å². The van der Waals surface area contributed by atoms with Crippen LogP contribution in [0.15, 0.2) is 23.2 Å². The van der Waals surface area contributed by atoms with E-state index in [1.54, 1.807) is 0 Å². The first-order valence-electron chi connectivity index (χ1n) is 9.26. The molecule has 0 aliphatic carbocycles. The molecule has 0 amide bonds. The van der Waals surface area contributed by atoms with Crippen LogP contribution in [0.5, 0.6) is 0 Å². The van der Waals surface area contributed by atoms with Crippen LogP contribution in [0.4, 0.5) is 8.78 Å². The largest absolute Gasteiger partial charge is 0.357 e. The molecule has 26 heavy (non-hydrogen) atoms. The summed E-state index contributed by atoms with van der Waals surface area (Å²) in [5.74, 6) is 0.557. The molecular weight excluding hydrogens is 449 g/mol. The highest BCUT2D eigenvalue weighted by Crippen LogP contribution is 2.18. The van der Waals surface area contributed by atoms with Gasteiger partial charge in [0.1, 0.15) is 11.6 Å². The van der Waals surface area contributed by atoms with Crippen LogP contribution >= 0.6 is 24.0 Å². The van der Waals surface area contributed by atoms with Gasteiger partial charge in [-0.15, -0.1) is 24.0 Å². The summed E-state index contributed by atoms with van der Waals surface area (Å²) < 4.78 is 27.1. The van der Waals surface area contributed by atoms with Gasteiger partial charge in [0.05, 0.1) is 6.54 Å². The minimum Gasteiger partial charge on any atom is -0.357 e. The molecule has 2 rings (SSSR count). The van der Waals surface area contributed by atoms with Crippen molar-refractivity contribution in [2.75, 3.05) is 39.3 Å². The lowest BCUT2D eigenvalue weighted by atomic mass is 10.1. The maximum atomic E-state index is 13.8. The molecule has 1 aromatic carbocycles. The fourth-order valence-corrected chi connectivity index (χ4v) is 3.27. The van der Waals surface area contributed by atoms with E-state index in [1.165, 1.54) is 6.07 Å². The maximum Gasteiger partial charge on any atom is 0.194 e. The molecule has 1 heterocycles. The van der Waals surface area contributed by atoms with E-state index in [0.29, 0.717) is 5.92 Å². The molecule has 1 aromatic rings. The third-order valence-electron chi connectivity index (χ3n) is 4.74. The Morgan fingerprint density at radius 1 is 1.27 bits per heavy atom. The zero-order valence-corrected chi connectivity index (χ0v) is 18.3. The highest BCUT2D eigenvalue weighted by molar-refractivity contribution is 14.0. The van der Waals surface area contributed by atoms with Crippen molar-refractivity contribution in [3.05, 3.63) is 35.4 Å². The highest BCUT2D eigenvalue weighted by atomic mass is 127. The summed E-state index contributed by atoms with van der Waals surface area (Å²) in [7, 11) is 0. The van der Waals surface area contributed by atoms with Crippen molar-refractivity contribution in [3.63, 3.8) is 0 Å². The van der Waals surface area contributed by atoms with Gasteiger partial charge in [-0.1, -0.05) is 13.8 Å². The summed E-state index contributed by atoms with van der Waals surface area (Å²) in [5.41, 5.74) is 0.286. The molecule has 0 bridgehead atoms. The molecule has 0 radical (unpaired) electrons. The van der Waals surface area contributed by atoms with Gasteiger partial charge in [0.2, 0.25) is 0 Å². The quantitative estimate of drug-likeness (QED) is 0.367. The lowest BCUT2D eigenvalue weighted by Crippen LogP contribution is -2.40. The number of hydrogen-bond donors (Lipinski definition) is 1. The normalized spacial score (nSPS) is 17.5. The number of likely N-dealkylation sites (tertiary alicyclic amines) is 1. The molecule has 0 spiro atoms. The van der Waals surface area contributed by atoms with Gasteiger partial charge in [0.15, 0.2) is 5.96 Å². The number of nitrogens with zero attached hydrogens (tertiary/aromatic N) is 3. The maximum absolute atomic E-state index is 13.8. The molecule has 1 aliphatic heterocycles. The minimum atomic E-state index is -0.433. The monoisotopic (exact) mass is 480 g/mol. The zero-order chi connectivity index (χ0) is 18.2. The van der Waals surface area contributed by atoms with Crippen LogP contribution < -0.4 is 5.32 Å². The van der Waals surface area contributed by atoms with E-state index in [1.807, 2.05) is 6.92 Å². The van der Waals surface area contributed by atoms with Gasteiger partial charge in [-0.3, -0.25) is 0 Å². The van der Waals surface area contributed by atoms with Gasteiger partial charge in [-0.05, 0) is 50.6 Å². The lowest BCUT2D eigenvalue weighted by Gasteiger charge is -2.24. The van der Waals surface area contributed by atoms with Crippen LogP contribution in [0.2, 0.25) is 0 Å². The van der Waals surface area contributed by atoms with Gasteiger partial charge in [0, 0.05) is 31.7 Å². The molecule has 1 N–H and O–H groups in total. The van der Waals surface area contributed by atoms with Gasteiger partial charge < -0.3 is 15.1 Å². The highest BCUT2D eigenvalue weighted by Gasteiger charge is 2.25. The van der Waals surface area contributed by atoms with E-state index >= 15 is 0 Å². The van der Waals surface area contributed by atoms with Crippen LogP contribution in [0, 0.1) is 17.6 Å². The fourth-order valence-electron chi connectivity index (χ4n) is 3.27. The van der Waals surface area contributed by atoms with E-state index in [9.17, 15) is 8.78 Å². The Labute approximate surface area is 173 Å². The Balaban J connectivity index is 0.00000338. The first kappa shape index (κ1) is 23.1. The Kier molecular flexibility index (Phi) is 10.4. The predicted octanol–water partition coefficient (Wildman–Crippen LogP) is 3.71. The molecular formula is C19H31F2IN4. The summed E-state index contributed by atoms with van der Waals surface area (Å²) in [6, 6.07) is 3.50. The van der Waals surface area contributed by atoms with Gasteiger partial charge in [0.25, 0.3) is 0 Å². The minimum absolute atomic E-state index is 0. The molecule has 1 unspecified atom stereocenters. The number of benzene rings is 1. The second kappa shape index (κ2) is 11.7. The Morgan fingerprint density at radius 3 is 2.65 bits per heavy atom. The van der Waals surface area contributed by atoms with Crippen LogP contribution in [0.25, 0.3) is 0 Å². The number of rotatable bonds is 7. The Morgan fingerprint density at radius 2 is 2.00 bits per heavy atom. The van der Waals surface area contributed by atoms with Crippen molar-refractivity contribution in [1.82, 2.24) is 15.1 Å². The average molecular weight is 480 g/mol. The number of halogens is 3. The van der Waals surface area contributed by atoms with E-state index < -0.39 is 11.6 Å². The van der Waals surface area contributed by atoms with Crippen molar-refractivity contribution < 1.29 is 8.78 Å². The summed E-state index contributed by atoms with van der Waals surface area (Å²) >= 11 is 0.